The first-order chi connectivity index (χ1) is 5.00. The van der Waals surface area contributed by atoms with Crippen molar-refractivity contribution < 1.29 is 16.0 Å². The summed E-state index contributed by atoms with van der Waals surface area (Å²) in [6.07, 6.45) is 0. The number of hydrogen-bond acceptors (Lipinski definition) is 2. The molecule has 0 fully saturated rings. The Bertz CT molecular complexity index is 231. The molecule has 0 saturated heterocycles. The average molecular weight is 223 g/mol. The summed E-state index contributed by atoms with van der Waals surface area (Å²) in [6.45, 7) is 0. The van der Waals surface area contributed by atoms with Gasteiger partial charge in [-0.25, -0.2) is 0 Å². The molecule has 0 atom stereocenters. The van der Waals surface area contributed by atoms with Gasteiger partial charge in [-0.3, -0.25) is 0 Å². The number of benzene rings is 1. The van der Waals surface area contributed by atoms with Crippen molar-refractivity contribution in [2.24, 2.45) is 0 Å². The second kappa shape index (κ2) is 4.98. The van der Waals surface area contributed by atoms with Crippen LogP contribution in [0.4, 0.5) is 0 Å². The van der Waals surface area contributed by atoms with Gasteiger partial charge in [-0.1, -0.05) is 36.4 Å². The van der Waals surface area contributed by atoms with Gasteiger partial charge in [-0.2, -0.15) is 0 Å². The standard InChI is InChI=1S/C6H6.H2O4Se/c1-2-4-6-5-3-1;1-5(2,3)4/h1-6H;(H2,1,2,3,4). The Hall–Kier alpha value is -0.741. The van der Waals surface area contributed by atoms with Gasteiger partial charge in [0.05, 0.1) is 0 Å². The van der Waals surface area contributed by atoms with E-state index in [1.807, 2.05) is 36.4 Å². The largest absolute Gasteiger partial charge is 0.0623 e. The van der Waals surface area contributed by atoms with Crippen molar-refractivity contribution in [3.8, 4) is 0 Å². The van der Waals surface area contributed by atoms with E-state index in [2.05, 4.69) is 0 Å². The Morgan fingerprint density at radius 2 is 0.818 bits per heavy atom. The van der Waals surface area contributed by atoms with Gasteiger partial charge in [-0.15, -0.1) is 0 Å². The number of rotatable bonds is 0. The van der Waals surface area contributed by atoms with Gasteiger partial charge in [0.2, 0.25) is 0 Å². The Labute approximate surface area is 66.4 Å². The molecule has 1 aromatic rings. The molecule has 4 nitrogen and oxygen atoms in total. The van der Waals surface area contributed by atoms with Crippen LogP contribution in [0.5, 0.6) is 0 Å². The van der Waals surface area contributed by atoms with Gasteiger partial charge >= 0.3 is 29.4 Å². The Balaban J connectivity index is 0.000000187. The van der Waals surface area contributed by atoms with Gasteiger partial charge in [0, 0.05) is 0 Å². The van der Waals surface area contributed by atoms with Gasteiger partial charge in [0.25, 0.3) is 0 Å². The molecule has 0 aliphatic heterocycles. The zero-order chi connectivity index (χ0) is 8.74. The van der Waals surface area contributed by atoms with E-state index in [0.717, 1.165) is 0 Å². The summed E-state index contributed by atoms with van der Waals surface area (Å²) >= 11 is -5.25. The Kier molecular flexibility index (Phi) is 4.65. The molecular weight excluding hydrogens is 215 g/mol. The minimum Gasteiger partial charge on any atom is -0.0623 e. The van der Waals surface area contributed by atoms with E-state index in [1.165, 1.54) is 0 Å². The molecule has 0 aliphatic rings. The van der Waals surface area contributed by atoms with E-state index in [1.54, 1.807) is 0 Å². The Morgan fingerprint density at radius 3 is 0.909 bits per heavy atom. The fraction of sp³-hybridized carbons (Fsp3) is 0. The normalized spacial score (nSPS) is 9.64. The monoisotopic (exact) mass is 224 g/mol. The first kappa shape index (κ1) is 10.3. The predicted molar refractivity (Wildman–Crippen MR) is 38.0 cm³/mol. The number of hydrogen-bond donors (Lipinski definition) is 2. The van der Waals surface area contributed by atoms with Crippen molar-refractivity contribution in [2.45, 2.75) is 0 Å². The van der Waals surface area contributed by atoms with Crippen LogP contribution in [0.2, 0.25) is 0 Å². The SMILES string of the molecule is O=[Se](=O)(O)O.c1ccccc1. The van der Waals surface area contributed by atoms with Crippen LogP contribution in [-0.2, 0) is 7.67 Å². The van der Waals surface area contributed by atoms with Gasteiger partial charge < -0.3 is 0 Å². The fourth-order valence-corrected chi connectivity index (χ4v) is 0.385. The summed E-state index contributed by atoms with van der Waals surface area (Å²) in [5.41, 5.74) is 0. The molecule has 0 heterocycles. The van der Waals surface area contributed by atoms with Crippen LogP contribution in [0.15, 0.2) is 36.4 Å². The van der Waals surface area contributed by atoms with Crippen LogP contribution in [-0.4, -0.2) is 21.7 Å². The van der Waals surface area contributed by atoms with Crippen molar-refractivity contribution >= 4 is 13.4 Å². The smallest absolute Gasteiger partial charge is 0.0623 e. The van der Waals surface area contributed by atoms with Crippen molar-refractivity contribution in [3.63, 3.8) is 0 Å². The summed E-state index contributed by atoms with van der Waals surface area (Å²) in [5.74, 6) is 0. The third-order valence-corrected chi connectivity index (χ3v) is 0.667. The van der Waals surface area contributed by atoms with E-state index in [0.29, 0.717) is 0 Å². The van der Waals surface area contributed by atoms with Crippen LogP contribution in [0.1, 0.15) is 0 Å². The maximum atomic E-state index is 8.82. The molecule has 0 unspecified atom stereocenters. The topological polar surface area (TPSA) is 74.6 Å². The summed E-state index contributed by atoms with van der Waals surface area (Å²) in [4.78, 5) is 0. The van der Waals surface area contributed by atoms with Crippen LogP contribution >= 0.6 is 0 Å². The van der Waals surface area contributed by atoms with Crippen molar-refractivity contribution in [2.75, 3.05) is 0 Å². The van der Waals surface area contributed by atoms with E-state index >= 15 is 0 Å². The molecular formula is C6H8O4Se. The third kappa shape index (κ3) is 17.6. The molecule has 11 heavy (non-hydrogen) atoms. The second-order valence-corrected chi connectivity index (χ2v) is 3.48. The quantitative estimate of drug-likeness (QED) is 0.605. The zero-order valence-electron chi connectivity index (χ0n) is 5.58. The summed E-state index contributed by atoms with van der Waals surface area (Å²) < 4.78 is 31.9. The summed E-state index contributed by atoms with van der Waals surface area (Å²) in [7, 11) is 0. The van der Waals surface area contributed by atoms with E-state index in [9.17, 15) is 0 Å². The van der Waals surface area contributed by atoms with Crippen LogP contribution in [0.3, 0.4) is 0 Å². The minimum atomic E-state index is -5.25. The summed E-state index contributed by atoms with van der Waals surface area (Å²) in [5, 5.41) is 0. The van der Waals surface area contributed by atoms with Gasteiger partial charge in [-0.05, 0) is 0 Å². The molecule has 0 spiro atoms. The molecule has 0 aromatic heterocycles. The first-order valence-corrected chi connectivity index (χ1v) is 5.63. The fourth-order valence-electron chi connectivity index (χ4n) is 0.385. The van der Waals surface area contributed by atoms with E-state index in [4.69, 9.17) is 16.0 Å². The average Bonchev–Trinajstić information content (AvgIpc) is 1.88. The maximum Gasteiger partial charge on any atom is -0.0623 e. The molecule has 0 amide bonds. The molecule has 0 saturated carbocycles. The van der Waals surface area contributed by atoms with Crippen molar-refractivity contribution in [1.29, 1.82) is 0 Å². The molecule has 0 aliphatic carbocycles. The molecule has 5 heteroatoms. The van der Waals surface area contributed by atoms with Crippen LogP contribution < -0.4 is 0 Å². The second-order valence-electron chi connectivity index (χ2n) is 1.60. The molecule has 0 radical (unpaired) electrons. The first-order valence-electron chi connectivity index (χ1n) is 2.70. The van der Waals surface area contributed by atoms with E-state index in [-0.39, 0.29) is 0 Å². The summed E-state index contributed by atoms with van der Waals surface area (Å²) in [6, 6.07) is 12.0. The molecule has 1 rings (SSSR count). The van der Waals surface area contributed by atoms with Crippen LogP contribution in [0, 0.1) is 0 Å². The molecule has 62 valence electrons. The van der Waals surface area contributed by atoms with Gasteiger partial charge in [0.15, 0.2) is 0 Å². The van der Waals surface area contributed by atoms with Gasteiger partial charge in [0.1, 0.15) is 0 Å². The molecule has 0 bridgehead atoms. The predicted octanol–water partition coefficient (Wildman–Crippen LogP) is -0.0458. The van der Waals surface area contributed by atoms with Crippen molar-refractivity contribution in [1.82, 2.24) is 0 Å². The van der Waals surface area contributed by atoms with Crippen LogP contribution in [0.25, 0.3) is 0 Å². The molecule has 2 N–H and O–H groups in total. The molecule has 1 aromatic carbocycles. The Morgan fingerprint density at radius 1 is 0.727 bits per heavy atom. The maximum absolute atomic E-state index is 8.82. The minimum absolute atomic E-state index is 2.00. The van der Waals surface area contributed by atoms with Crippen molar-refractivity contribution in [3.05, 3.63) is 36.4 Å². The zero-order valence-corrected chi connectivity index (χ0v) is 7.30. The third-order valence-electron chi connectivity index (χ3n) is 0.667. The van der Waals surface area contributed by atoms with E-state index < -0.39 is 13.4 Å².